The van der Waals surface area contributed by atoms with Crippen molar-refractivity contribution in [2.45, 2.75) is 19.9 Å². The SMILES string of the molecule is CCOC(=O)N1CCc2ncc3c(=O)n(-c4ccccc4)[nH]c3c2C1. The number of para-hydroxylation sites is 1. The van der Waals surface area contributed by atoms with Gasteiger partial charge in [-0.15, -0.1) is 0 Å². The summed E-state index contributed by atoms with van der Waals surface area (Å²) in [5, 5.41) is 3.71. The average molecular weight is 338 g/mol. The maximum absolute atomic E-state index is 12.7. The van der Waals surface area contributed by atoms with Crippen molar-refractivity contribution in [3.8, 4) is 5.69 Å². The van der Waals surface area contributed by atoms with Gasteiger partial charge in [0.25, 0.3) is 5.56 Å². The van der Waals surface area contributed by atoms with Gasteiger partial charge in [-0.25, -0.2) is 9.48 Å². The molecule has 1 aromatic carbocycles. The minimum atomic E-state index is -0.338. The van der Waals surface area contributed by atoms with E-state index >= 15 is 0 Å². The molecule has 0 spiro atoms. The Hall–Kier alpha value is -3.09. The van der Waals surface area contributed by atoms with Crippen molar-refractivity contribution in [2.24, 2.45) is 0 Å². The number of fused-ring (bicyclic) bond motifs is 3. The first-order valence-electron chi connectivity index (χ1n) is 8.27. The standard InChI is InChI=1S/C18H18N4O3/c1-2-25-18(24)21-9-8-15-14(11-21)16-13(10-19-15)17(23)22(20-16)12-6-4-3-5-7-12/h3-7,10,20H,2,8-9,11H2,1H3. The maximum Gasteiger partial charge on any atom is 0.410 e. The molecule has 1 N–H and O–H groups in total. The lowest BCUT2D eigenvalue weighted by atomic mass is 10.0. The van der Waals surface area contributed by atoms with Crippen LogP contribution >= 0.6 is 0 Å². The molecule has 4 rings (SSSR count). The third-order valence-corrected chi connectivity index (χ3v) is 4.43. The highest BCUT2D eigenvalue weighted by atomic mass is 16.6. The van der Waals surface area contributed by atoms with E-state index in [0.29, 0.717) is 31.5 Å². The third kappa shape index (κ3) is 2.57. The van der Waals surface area contributed by atoms with Gasteiger partial charge in [0.1, 0.15) is 0 Å². The second-order valence-corrected chi connectivity index (χ2v) is 5.93. The second kappa shape index (κ2) is 6.08. The van der Waals surface area contributed by atoms with Gasteiger partial charge >= 0.3 is 6.09 Å². The largest absolute Gasteiger partial charge is 0.450 e. The van der Waals surface area contributed by atoms with Crippen LogP contribution in [0, 0.1) is 0 Å². The van der Waals surface area contributed by atoms with Crippen LogP contribution < -0.4 is 5.56 Å². The summed E-state index contributed by atoms with van der Waals surface area (Å²) in [7, 11) is 0. The summed E-state index contributed by atoms with van der Waals surface area (Å²) in [6.45, 7) is 3.07. The van der Waals surface area contributed by atoms with Crippen LogP contribution in [0.3, 0.4) is 0 Å². The maximum atomic E-state index is 12.7. The highest BCUT2D eigenvalue weighted by molar-refractivity contribution is 5.82. The third-order valence-electron chi connectivity index (χ3n) is 4.43. The molecule has 0 saturated carbocycles. The van der Waals surface area contributed by atoms with Crippen LogP contribution in [0.2, 0.25) is 0 Å². The number of hydrogen-bond acceptors (Lipinski definition) is 4. The summed E-state index contributed by atoms with van der Waals surface area (Å²) in [4.78, 5) is 30.8. The van der Waals surface area contributed by atoms with E-state index in [2.05, 4.69) is 10.1 Å². The van der Waals surface area contributed by atoms with Crippen molar-refractivity contribution in [3.63, 3.8) is 0 Å². The molecule has 7 heteroatoms. The number of rotatable bonds is 2. The van der Waals surface area contributed by atoms with Crippen LogP contribution in [0.4, 0.5) is 4.79 Å². The Morgan fingerprint density at radius 3 is 2.88 bits per heavy atom. The number of hydrogen-bond donors (Lipinski definition) is 1. The van der Waals surface area contributed by atoms with Gasteiger partial charge in [-0.1, -0.05) is 18.2 Å². The minimum absolute atomic E-state index is 0.148. The summed E-state index contributed by atoms with van der Waals surface area (Å²) in [6.07, 6.45) is 1.92. The number of carbonyl (C=O) groups is 1. The fourth-order valence-electron chi connectivity index (χ4n) is 3.19. The monoisotopic (exact) mass is 338 g/mol. The summed E-state index contributed by atoms with van der Waals surface area (Å²) < 4.78 is 6.61. The van der Waals surface area contributed by atoms with Crippen molar-refractivity contribution in [1.82, 2.24) is 19.7 Å². The lowest BCUT2D eigenvalue weighted by Crippen LogP contribution is -2.36. The van der Waals surface area contributed by atoms with E-state index in [9.17, 15) is 9.59 Å². The molecule has 3 heterocycles. The number of amides is 1. The average Bonchev–Trinajstić information content (AvgIpc) is 2.99. The Bertz CT molecular complexity index is 991. The number of aromatic nitrogens is 3. The molecule has 3 aromatic rings. The molecular formula is C18H18N4O3. The summed E-state index contributed by atoms with van der Waals surface area (Å²) in [5.74, 6) is 0. The van der Waals surface area contributed by atoms with Crippen molar-refractivity contribution >= 4 is 17.0 Å². The first-order valence-corrected chi connectivity index (χ1v) is 8.27. The quantitative estimate of drug-likeness (QED) is 0.777. The summed E-state index contributed by atoms with van der Waals surface area (Å²) in [5.41, 5.74) is 3.13. The fourth-order valence-corrected chi connectivity index (χ4v) is 3.19. The number of nitrogens with zero attached hydrogens (tertiary/aromatic N) is 3. The Morgan fingerprint density at radius 1 is 1.32 bits per heavy atom. The van der Waals surface area contributed by atoms with E-state index < -0.39 is 0 Å². The number of pyridine rings is 1. The number of nitrogens with one attached hydrogen (secondary N) is 1. The zero-order valence-corrected chi connectivity index (χ0v) is 13.9. The second-order valence-electron chi connectivity index (χ2n) is 5.93. The van der Waals surface area contributed by atoms with Gasteiger partial charge in [-0.3, -0.25) is 14.9 Å². The molecule has 0 bridgehead atoms. The van der Waals surface area contributed by atoms with Crippen LogP contribution in [0.5, 0.6) is 0 Å². The molecule has 0 radical (unpaired) electrons. The van der Waals surface area contributed by atoms with E-state index in [4.69, 9.17) is 4.74 Å². The van der Waals surface area contributed by atoms with E-state index in [0.717, 1.165) is 22.5 Å². The zero-order valence-electron chi connectivity index (χ0n) is 13.9. The van der Waals surface area contributed by atoms with Crippen LogP contribution in [-0.2, 0) is 17.7 Å². The predicted molar refractivity (Wildman–Crippen MR) is 92.8 cm³/mol. The lowest BCUT2D eigenvalue weighted by Gasteiger charge is -2.27. The number of ether oxygens (including phenoxy) is 1. The Balaban J connectivity index is 1.81. The van der Waals surface area contributed by atoms with Gasteiger partial charge < -0.3 is 9.64 Å². The Kier molecular flexibility index (Phi) is 3.76. The molecule has 7 nitrogen and oxygen atoms in total. The van der Waals surface area contributed by atoms with Crippen molar-refractivity contribution < 1.29 is 9.53 Å². The first-order chi connectivity index (χ1) is 12.2. The van der Waals surface area contributed by atoms with Gasteiger partial charge in [0.15, 0.2) is 0 Å². The normalized spacial score (nSPS) is 13.7. The summed E-state index contributed by atoms with van der Waals surface area (Å²) in [6, 6.07) is 9.38. The van der Waals surface area contributed by atoms with E-state index in [-0.39, 0.29) is 11.7 Å². The van der Waals surface area contributed by atoms with Crippen molar-refractivity contribution in [2.75, 3.05) is 13.2 Å². The number of carbonyl (C=O) groups excluding carboxylic acids is 1. The van der Waals surface area contributed by atoms with Gasteiger partial charge in [0.05, 0.1) is 29.7 Å². The smallest absolute Gasteiger partial charge is 0.410 e. The minimum Gasteiger partial charge on any atom is -0.450 e. The molecule has 1 aliphatic heterocycles. The molecule has 0 unspecified atom stereocenters. The molecule has 0 atom stereocenters. The van der Waals surface area contributed by atoms with Gasteiger partial charge in [0.2, 0.25) is 0 Å². The fraction of sp³-hybridized carbons (Fsp3) is 0.278. The number of benzene rings is 1. The zero-order chi connectivity index (χ0) is 17.4. The highest BCUT2D eigenvalue weighted by Crippen LogP contribution is 2.24. The molecule has 25 heavy (non-hydrogen) atoms. The number of aromatic amines is 1. The Morgan fingerprint density at radius 2 is 2.12 bits per heavy atom. The predicted octanol–water partition coefficient (Wildman–Crippen LogP) is 2.23. The Labute approximate surface area is 143 Å². The van der Waals surface area contributed by atoms with Gasteiger partial charge in [0, 0.05) is 30.4 Å². The van der Waals surface area contributed by atoms with Crippen molar-refractivity contribution in [3.05, 3.63) is 58.1 Å². The molecule has 1 aliphatic rings. The van der Waals surface area contributed by atoms with E-state index in [1.54, 1.807) is 18.0 Å². The highest BCUT2D eigenvalue weighted by Gasteiger charge is 2.26. The van der Waals surface area contributed by atoms with Crippen molar-refractivity contribution in [1.29, 1.82) is 0 Å². The van der Waals surface area contributed by atoms with Crippen LogP contribution in [-0.4, -0.2) is 38.9 Å². The molecule has 0 fully saturated rings. The molecule has 128 valence electrons. The molecule has 0 saturated heterocycles. The molecule has 0 aliphatic carbocycles. The van der Waals surface area contributed by atoms with Crippen LogP contribution in [0.25, 0.3) is 16.6 Å². The van der Waals surface area contributed by atoms with E-state index in [1.807, 2.05) is 30.3 Å². The van der Waals surface area contributed by atoms with Crippen LogP contribution in [0.1, 0.15) is 18.2 Å². The van der Waals surface area contributed by atoms with E-state index in [1.165, 1.54) is 4.68 Å². The first kappa shape index (κ1) is 15.4. The topological polar surface area (TPSA) is 80.2 Å². The van der Waals surface area contributed by atoms with Gasteiger partial charge in [-0.2, -0.15) is 0 Å². The molecular weight excluding hydrogens is 320 g/mol. The molecule has 2 aromatic heterocycles. The lowest BCUT2D eigenvalue weighted by molar-refractivity contribution is 0.102. The van der Waals surface area contributed by atoms with Crippen LogP contribution in [0.15, 0.2) is 41.3 Å². The molecule has 1 amide bonds. The van der Waals surface area contributed by atoms with Gasteiger partial charge in [-0.05, 0) is 19.1 Å². The number of H-pyrrole nitrogens is 1. The summed E-state index contributed by atoms with van der Waals surface area (Å²) >= 11 is 0.